The first-order valence-corrected chi connectivity index (χ1v) is 11.2. The van der Waals surface area contributed by atoms with E-state index in [0.29, 0.717) is 0 Å². The zero-order valence-corrected chi connectivity index (χ0v) is 17.4. The van der Waals surface area contributed by atoms with Gasteiger partial charge in [-0.05, 0) is 56.3 Å². The second-order valence-corrected chi connectivity index (χ2v) is 9.70. The summed E-state index contributed by atoms with van der Waals surface area (Å²) < 4.78 is 28.3. The third-order valence-electron chi connectivity index (χ3n) is 4.73. The molecule has 0 spiro atoms. The van der Waals surface area contributed by atoms with Crippen molar-refractivity contribution in [3.63, 3.8) is 0 Å². The highest BCUT2D eigenvalue weighted by molar-refractivity contribution is 7.89. The average molecular weight is 413 g/mol. The first-order chi connectivity index (χ1) is 13.4. The van der Waals surface area contributed by atoms with Gasteiger partial charge in [-0.25, -0.2) is 13.4 Å². The Bertz CT molecular complexity index is 1270. The number of fused-ring (bicyclic) bond motifs is 2. The van der Waals surface area contributed by atoms with Gasteiger partial charge in [-0.15, -0.1) is 11.3 Å². The maximum atomic E-state index is 12.9. The molecule has 0 aliphatic heterocycles. The highest BCUT2D eigenvalue weighted by Crippen LogP contribution is 2.30. The van der Waals surface area contributed by atoms with Gasteiger partial charge in [-0.1, -0.05) is 0 Å². The van der Waals surface area contributed by atoms with Gasteiger partial charge in [-0.3, -0.25) is 4.98 Å². The van der Waals surface area contributed by atoms with Crippen LogP contribution in [0.3, 0.4) is 0 Å². The Morgan fingerprint density at radius 3 is 2.64 bits per heavy atom. The van der Waals surface area contributed by atoms with Crippen LogP contribution in [0.4, 0.5) is 11.4 Å². The lowest BCUT2D eigenvalue weighted by Gasteiger charge is -2.21. The molecule has 4 rings (SSSR count). The van der Waals surface area contributed by atoms with Crippen LogP contribution in [-0.2, 0) is 10.0 Å². The predicted molar refractivity (Wildman–Crippen MR) is 115 cm³/mol. The molecule has 0 radical (unpaired) electrons. The van der Waals surface area contributed by atoms with Gasteiger partial charge in [0.1, 0.15) is 0 Å². The molecule has 0 aliphatic carbocycles. The van der Waals surface area contributed by atoms with Crippen LogP contribution in [0, 0.1) is 0 Å². The molecule has 144 valence electrons. The number of hydrogen-bond acceptors (Lipinski definition) is 6. The summed E-state index contributed by atoms with van der Waals surface area (Å²) in [6.07, 6.45) is 1.71. The summed E-state index contributed by atoms with van der Waals surface area (Å²) in [5.41, 5.74) is 5.15. The average Bonchev–Trinajstić information content (AvgIpc) is 3.15. The topological polar surface area (TPSA) is 75.2 Å². The summed E-state index contributed by atoms with van der Waals surface area (Å²) in [5, 5.41) is 4.12. The Kier molecular flexibility index (Phi) is 4.78. The van der Waals surface area contributed by atoms with Crippen LogP contribution in [-0.4, -0.2) is 35.8 Å². The molecule has 2 heterocycles. The number of nitrogens with one attached hydrogen (secondary N) is 1. The summed E-state index contributed by atoms with van der Waals surface area (Å²) >= 11 is 1.59. The highest BCUT2D eigenvalue weighted by Gasteiger charge is 2.23. The monoisotopic (exact) mass is 412 g/mol. The lowest BCUT2D eigenvalue weighted by Crippen LogP contribution is -2.33. The number of sulfonamides is 1. The van der Waals surface area contributed by atoms with E-state index in [1.165, 1.54) is 4.31 Å². The van der Waals surface area contributed by atoms with Crippen molar-refractivity contribution in [2.24, 2.45) is 0 Å². The van der Waals surface area contributed by atoms with Gasteiger partial charge in [0.15, 0.2) is 0 Å². The first kappa shape index (κ1) is 18.8. The van der Waals surface area contributed by atoms with Gasteiger partial charge < -0.3 is 5.32 Å². The lowest BCUT2D eigenvalue weighted by molar-refractivity contribution is 0.410. The van der Waals surface area contributed by atoms with Gasteiger partial charge in [0.2, 0.25) is 10.0 Å². The molecule has 0 saturated carbocycles. The standard InChI is InChI=1S/C20H20N4O2S2/c1-13(2)24(3)28(25,26)15-5-6-17-16(11-15)18(8-9-21-17)23-14-4-7-20-19(10-14)22-12-27-20/h4-13H,1-3H3,(H,21,23). The molecule has 0 amide bonds. The molecule has 6 nitrogen and oxygen atoms in total. The quantitative estimate of drug-likeness (QED) is 0.518. The molecule has 0 saturated heterocycles. The summed E-state index contributed by atoms with van der Waals surface area (Å²) in [6, 6.07) is 12.7. The van der Waals surface area contributed by atoms with Crippen LogP contribution in [0.1, 0.15) is 13.8 Å². The number of pyridine rings is 1. The minimum atomic E-state index is -3.57. The van der Waals surface area contributed by atoms with Crippen LogP contribution >= 0.6 is 11.3 Å². The number of benzene rings is 2. The zero-order chi connectivity index (χ0) is 19.9. The van der Waals surface area contributed by atoms with Crippen LogP contribution in [0.25, 0.3) is 21.1 Å². The largest absolute Gasteiger partial charge is 0.355 e. The maximum absolute atomic E-state index is 12.9. The van der Waals surface area contributed by atoms with Gasteiger partial charge in [0.05, 0.1) is 26.1 Å². The minimum absolute atomic E-state index is 0.128. The van der Waals surface area contributed by atoms with E-state index in [1.54, 1.807) is 42.8 Å². The molecule has 1 N–H and O–H groups in total. The number of rotatable bonds is 5. The third-order valence-corrected chi connectivity index (χ3v) is 7.57. The lowest BCUT2D eigenvalue weighted by atomic mass is 10.2. The smallest absolute Gasteiger partial charge is 0.243 e. The Labute approximate surface area is 167 Å². The predicted octanol–water partition coefficient (Wildman–Crippen LogP) is 4.62. The molecule has 8 heteroatoms. The second-order valence-electron chi connectivity index (χ2n) is 6.81. The van der Waals surface area contributed by atoms with Crippen molar-refractivity contribution < 1.29 is 8.42 Å². The molecule has 0 unspecified atom stereocenters. The Hall–Kier alpha value is -2.55. The first-order valence-electron chi connectivity index (χ1n) is 8.83. The Morgan fingerprint density at radius 2 is 1.86 bits per heavy atom. The minimum Gasteiger partial charge on any atom is -0.355 e. The molecule has 0 fully saturated rings. The van der Waals surface area contributed by atoms with E-state index in [4.69, 9.17) is 0 Å². The van der Waals surface area contributed by atoms with Gasteiger partial charge in [-0.2, -0.15) is 4.31 Å². The summed E-state index contributed by atoms with van der Waals surface area (Å²) in [7, 11) is -1.98. The zero-order valence-electron chi connectivity index (χ0n) is 15.7. The van der Waals surface area contributed by atoms with Crippen LogP contribution in [0.15, 0.2) is 59.1 Å². The number of aromatic nitrogens is 2. The molecule has 0 aliphatic rings. The van der Waals surface area contributed by atoms with Crippen LogP contribution in [0.2, 0.25) is 0 Å². The van der Waals surface area contributed by atoms with Crippen molar-refractivity contribution >= 4 is 53.9 Å². The molecular formula is C20H20N4O2S2. The normalized spacial score (nSPS) is 12.3. The SMILES string of the molecule is CC(C)N(C)S(=O)(=O)c1ccc2nccc(Nc3ccc4scnc4c3)c2c1. The van der Waals surface area contributed by atoms with Gasteiger partial charge >= 0.3 is 0 Å². The highest BCUT2D eigenvalue weighted by atomic mass is 32.2. The molecule has 2 aromatic heterocycles. The number of nitrogens with zero attached hydrogens (tertiary/aromatic N) is 3. The Balaban J connectivity index is 1.78. The summed E-state index contributed by atoms with van der Waals surface area (Å²) in [5.74, 6) is 0. The molecule has 2 aromatic carbocycles. The van der Waals surface area contributed by atoms with E-state index in [9.17, 15) is 8.42 Å². The number of anilines is 2. The van der Waals surface area contributed by atoms with E-state index in [-0.39, 0.29) is 10.9 Å². The summed E-state index contributed by atoms with van der Waals surface area (Å²) in [4.78, 5) is 8.97. The summed E-state index contributed by atoms with van der Waals surface area (Å²) in [6.45, 7) is 3.70. The molecule has 0 atom stereocenters. The molecular weight excluding hydrogens is 392 g/mol. The van der Waals surface area contributed by atoms with E-state index in [1.807, 2.05) is 43.6 Å². The maximum Gasteiger partial charge on any atom is 0.243 e. The van der Waals surface area contributed by atoms with Crippen molar-refractivity contribution in [1.29, 1.82) is 0 Å². The molecule has 28 heavy (non-hydrogen) atoms. The number of hydrogen-bond donors (Lipinski definition) is 1. The van der Waals surface area contributed by atoms with E-state index in [0.717, 1.165) is 32.5 Å². The van der Waals surface area contributed by atoms with Crippen LogP contribution < -0.4 is 5.32 Å². The van der Waals surface area contributed by atoms with Crippen molar-refractivity contribution in [1.82, 2.24) is 14.3 Å². The fraction of sp³-hybridized carbons (Fsp3) is 0.200. The van der Waals surface area contributed by atoms with E-state index in [2.05, 4.69) is 15.3 Å². The second kappa shape index (κ2) is 7.12. The molecule has 4 aromatic rings. The van der Waals surface area contributed by atoms with Gasteiger partial charge in [0.25, 0.3) is 0 Å². The fourth-order valence-corrected chi connectivity index (χ4v) is 4.98. The van der Waals surface area contributed by atoms with E-state index < -0.39 is 10.0 Å². The van der Waals surface area contributed by atoms with Crippen molar-refractivity contribution in [2.45, 2.75) is 24.8 Å². The van der Waals surface area contributed by atoms with Crippen molar-refractivity contribution in [3.8, 4) is 0 Å². The fourth-order valence-electron chi connectivity index (χ4n) is 2.93. The van der Waals surface area contributed by atoms with Gasteiger partial charge in [0, 0.05) is 36.0 Å². The van der Waals surface area contributed by atoms with Crippen molar-refractivity contribution in [2.75, 3.05) is 12.4 Å². The van der Waals surface area contributed by atoms with Crippen LogP contribution in [0.5, 0.6) is 0 Å². The molecule has 0 bridgehead atoms. The van der Waals surface area contributed by atoms with Crippen molar-refractivity contribution in [3.05, 3.63) is 54.2 Å². The van der Waals surface area contributed by atoms with E-state index >= 15 is 0 Å². The number of thiazole rings is 1. The third kappa shape index (κ3) is 3.34. The Morgan fingerprint density at radius 1 is 1.04 bits per heavy atom.